The van der Waals surface area contributed by atoms with Gasteiger partial charge in [0.05, 0.1) is 17.6 Å². The first-order valence-corrected chi connectivity index (χ1v) is 7.78. The molecule has 7 heteroatoms. The van der Waals surface area contributed by atoms with Crippen LogP contribution >= 0.6 is 11.6 Å². The monoisotopic (exact) mass is 339 g/mol. The first kappa shape index (κ1) is 14.6. The van der Waals surface area contributed by atoms with Gasteiger partial charge in [-0.25, -0.2) is 9.99 Å². The first-order chi connectivity index (χ1) is 11.6. The second kappa shape index (κ2) is 5.58. The van der Waals surface area contributed by atoms with Crippen molar-refractivity contribution in [1.29, 1.82) is 0 Å². The van der Waals surface area contributed by atoms with Gasteiger partial charge in [0.2, 0.25) is 0 Å². The summed E-state index contributed by atoms with van der Waals surface area (Å²) in [5.41, 5.74) is 11.5. The van der Waals surface area contributed by atoms with Crippen molar-refractivity contribution in [2.45, 2.75) is 0 Å². The number of amides is 1. The maximum atomic E-state index is 12.5. The summed E-state index contributed by atoms with van der Waals surface area (Å²) in [6.07, 6.45) is 1.76. The van der Waals surface area contributed by atoms with Crippen LogP contribution in [0.5, 0.6) is 0 Å². The molecule has 24 heavy (non-hydrogen) atoms. The van der Waals surface area contributed by atoms with Crippen LogP contribution < -0.4 is 11.2 Å². The van der Waals surface area contributed by atoms with Crippen molar-refractivity contribution >= 4 is 28.5 Å². The summed E-state index contributed by atoms with van der Waals surface area (Å²) in [5, 5.41) is 2.14. The zero-order valence-electron chi connectivity index (χ0n) is 12.6. The highest BCUT2D eigenvalue weighted by Gasteiger charge is 2.19. The minimum Gasteiger partial charge on any atom is -0.384 e. The Labute approximate surface area is 142 Å². The molecule has 0 unspecified atom stereocenters. The lowest BCUT2D eigenvalue weighted by Gasteiger charge is -2.16. The third kappa shape index (κ3) is 2.57. The molecule has 1 amide bonds. The van der Waals surface area contributed by atoms with Gasteiger partial charge in [0.15, 0.2) is 0 Å². The van der Waals surface area contributed by atoms with Crippen LogP contribution in [0.1, 0.15) is 10.4 Å². The van der Waals surface area contributed by atoms with Crippen molar-refractivity contribution in [3.63, 3.8) is 0 Å². The topological polar surface area (TPSA) is 87.0 Å². The summed E-state index contributed by atoms with van der Waals surface area (Å²) in [5.74, 6) is 1.07. The molecule has 0 saturated heterocycles. The summed E-state index contributed by atoms with van der Waals surface area (Å²) < 4.78 is 0. The molecule has 1 aliphatic rings. The molecule has 0 fully saturated rings. The van der Waals surface area contributed by atoms with Gasteiger partial charge < -0.3 is 10.7 Å². The van der Waals surface area contributed by atoms with Crippen LogP contribution in [0.4, 0.5) is 0 Å². The summed E-state index contributed by atoms with van der Waals surface area (Å²) in [4.78, 5) is 20.3. The number of aromatic amines is 1. The molecular formula is C17H14ClN5O. The van der Waals surface area contributed by atoms with E-state index in [0.29, 0.717) is 23.0 Å². The van der Waals surface area contributed by atoms with E-state index in [0.717, 1.165) is 22.4 Å². The third-order valence-corrected chi connectivity index (χ3v) is 4.10. The van der Waals surface area contributed by atoms with Gasteiger partial charge in [0.25, 0.3) is 5.91 Å². The number of imidazole rings is 1. The van der Waals surface area contributed by atoms with Crippen LogP contribution in [0.25, 0.3) is 22.4 Å². The number of hydrazine groups is 1. The molecule has 3 aromatic rings. The van der Waals surface area contributed by atoms with Crippen molar-refractivity contribution in [1.82, 2.24) is 20.4 Å². The van der Waals surface area contributed by atoms with Crippen molar-refractivity contribution in [2.24, 2.45) is 5.73 Å². The van der Waals surface area contributed by atoms with E-state index in [9.17, 15) is 4.79 Å². The van der Waals surface area contributed by atoms with Gasteiger partial charge in [-0.05, 0) is 48.5 Å². The minimum absolute atomic E-state index is 0.142. The number of fused-ring (bicyclic) bond motifs is 1. The molecule has 1 aliphatic heterocycles. The number of hydrogen-bond donors (Lipinski definition) is 3. The van der Waals surface area contributed by atoms with Gasteiger partial charge >= 0.3 is 0 Å². The van der Waals surface area contributed by atoms with Crippen LogP contribution in [0.3, 0.4) is 0 Å². The fourth-order valence-electron chi connectivity index (χ4n) is 2.61. The van der Waals surface area contributed by atoms with Crippen molar-refractivity contribution in [2.75, 3.05) is 6.54 Å². The van der Waals surface area contributed by atoms with Gasteiger partial charge in [-0.3, -0.25) is 10.2 Å². The maximum absolute atomic E-state index is 12.5. The SMILES string of the molecule is NC1=CCN(C(=O)c2ccc3nc(-c4ccc(Cl)cc4)[nH]c3c2)N1. The second-order valence-corrected chi connectivity index (χ2v) is 5.95. The van der Waals surface area contributed by atoms with Crippen molar-refractivity contribution in [3.05, 3.63) is 64.9 Å². The summed E-state index contributed by atoms with van der Waals surface area (Å²) in [6.45, 7) is 0.446. The number of aromatic nitrogens is 2. The highest BCUT2D eigenvalue weighted by Crippen LogP contribution is 2.23. The number of rotatable bonds is 2. The van der Waals surface area contributed by atoms with E-state index in [-0.39, 0.29) is 5.91 Å². The zero-order chi connectivity index (χ0) is 16.7. The van der Waals surface area contributed by atoms with Crippen LogP contribution in [0.2, 0.25) is 5.02 Å². The van der Waals surface area contributed by atoms with Crippen LogP contribution in [0, 0.1) is 0 Å². The van der Waals surface area contributed by atoms with Crippen LogP contribution in [-0.2, 0) is 0 Å². The van der Waals surface area contributed by atoms with E-state index in [1.54, 1.807) is 18.2 Å². The van der Waals surface area contributed by atoms with E-state index in [1.165, 1.54) is 5.01 Å². The van der Waals surface area contributed by atoms with Crippen LogP contribution in [0.15, 0.2) is 54.4 Å². The summed E-state index contributed by atoms with van der Waals surface area (Å²) in [6, 6.07) is 12.8. The summed E-state index contributed by atoms with van der Waals surface area (Å²) >= 11 is 5.91. The van der Waals surface area contributed by atoms with Gasteiger partial charge in [0.1, 0.15) is 11.6 Å². The van der Waals surface area contributed by atoms with Gasteiger partial charge in [-0.1, -0.05) is 11.6 Å². The molecule has 120 valence electrons. The Hall–Kier alpha value is -2.99. The maximum Gasteiger partial charge on any atom is 0.272 e. The molecule has 0 aliphatic carbocycles. The number of nitrogens with two attached hydrogens (primary N) is 1. The second-order valence-electron chi connectivity index (χ2n) is 5.51. The third-order valence-electron chi connectivity index (χ3n) is 3.85. The molecule has 2 heterocycles. The molecule has 4 rings (SSSR count). The molecular weight excluding hydrogens is 326 g/mol. The molecule has 4 N–H and O–H groups in total. The quantitative estimate of drug-likeness (QED) is 0.670. The predicted octanol–water partition coefficient (Wildman–Crippen LogP) is 2.64. The fourth-order valence-corrected chi connectivity index (χ4v) is 2.74. The van der Waals surface area contributed by atoms with E-state index < -0.39 is 0 Å². The predicted molar refractivity (Wildman–Crippen MR) is 93.0 cm³/mol. The number of hydrogen-bond acceptors (Lipinski definition) is 4. The van der Waals surface area contributed by atoms with Gasteiger partial charge in [0, 0.05) is 16.1 Å². The van der Waals surface area contributed by atoms with Gasteiger partial charge in [-0.2, -0.15) is 0 Å². The number of halogens is 1. The average Bonchev–Trinajstić information content (AvgIpc) is 3.20. The average molecular weight is 340 g/mol. The highest BCUT2D eigenvalue weighted by molar-refractivity contribution is 6.30. The molecule has 0 atom stereocenters. The summed E-state index contributed by atoms with van der Waals surface area (Å²) in [7, 11) is 0. The molecule has 2 aromatic carbocycles. The normalized spacial score (nSPS) is 13.9. The van der Waals surface area contributed by atoms with Gasteiger partial charge in [-0.15, -0.1) is 0 Å². The first-order valence-electron chi connectivity index (χ1n) is 7.40. The smallest absolute Gasteiger partial charge is 0.272 e. The molecule has 1 aromatic heterocycles. The number of benzene rings is 2. The Kier molecular flexibility index (Phi) is 3.39. The minimum atomic E-state index is -0.142. The Bertz CT molecular complexity index is 961. The number of carbonyl (C=O) groups is 1. The Morgan fingerprint density at radius 3 is 2.71 bits per heavy atom. The van der Waals surface area contributed by atoms with E-state index in [2.05, 4.69) is 15.4 Å². The fraction of sp³-hybridized carbons (Fsp3) is 0.0588. The van der Waals surface area contributed by atoms with E-state index in [4.69, 9.17) is 17.3 Å². The van der Waals surface area contributed by atoms with E-state index in [1.807, 2.05) is 30.3 Å². The lowest BCUT2D eigenvalue weighted by atomic mass is 10.2. The molecule has 0 saturated carbocycles. The Morgan fingerprint density at radius 2 is 2.00 bits per heavy atom. The number of H-pyrrole nitrogens is 1. The standard InChI is InChI=1S/C17H14ClN5O/c18-12-4-1-10(2-5-12)16-20-13-6-3-11(9-14(13)21-16)17(24)23-8-7-15(19)22-23/h1-7,9,22H,8,19H2,(H,20,21). The lowest BCUT2D eigenvalue weighted by Crippen LogP contribution is -2.39. The number of nitrogens with one attached hydrogen (secondary N) is 2. The van der Waals surface area contributed by atoms with Crippen LogP contribution in [-0.4, -0.2) is 27.4 Å². The molecule has 0 spiro atoms. The Balaban J connectivity index is 1.66. The molecule has 0 bridgehead atoms. The number of nitrogens with zero attached hydrogens (tertiary/aromatic N) is 2. The largest absolute Gasteiger partial charge is 0.384 e. The zero-order valence-corrected chi connectivity index (χ0v) is 13.3. The molecule has 6 nitrogen and oxygen atoms in total. The van der Waals surface area contributed by atoms with Crippen molar-refractivity contribution < 1.29 is 4.79 Å². The number of carbonyl (C=O) groups excluding carboxylic acids is 1. The van der Waals surface area contributed by atoms with Crippen molar-refractivity contribution in [3.8, 4) is 11.4 Å². The van der Waals surface area contributed by atoms with E-state index >= 15 is 0 Å². The molecule has 0 radical (unpaired) electrons. The lowest BCUT2D eigenvalue weighted by molar-refractivity contribution is 0.0731. The highest BCUT2D eigenvalue weighted by atomic mass is 35.5. The Morgan fingerprint density at radius 1 is 1.21 bits per heavy atom.